The van der Waals surface area contributed by atoms with Crippen LogP contribution in [-0.2, 0) is 22.4 Å². The van der Waals surface area contributed by atoms with Gasteiger partial charge in [0, 0.05) is 31.5 Å². The van der Waals surface area contributed by atoms with E-state index in [1.807, 2.05) is 10.8 Å². The molecule has 0 saturated carbocycles. The molecule has 2 atom stereocenters. The summed E-state index contributed by atoms with van der Waals surface area (Å²) in [5, 5.41) is 9.32. The lowest BCUT2D eigenvalue weighted by molar-refractivity contribution is -0.141. The SMILES string of the molecule is O=C(O)C1CCCc2cnc(CC3CCOC3)n21. The first kappa shape index (κ1) is 11.7. The van der Waals surface area contributed by atoms with E-state index in [-0.39, 0.29) is 0 Å². The number of hydrogen-bond donors (Lipinski definition) is 1. The van der Waals surface area contributed by atoms with Crippen LogP contribution >= 0.6 is 0 Å². The van der Waals surface area contributed by atoms with E-state index in [0.717, 1.165) is 50.4 Å². The monoisotopic (exact) mass is 250 g/mol. The molecular weight excluding hydrogens is 232 g/mol. The van der Waals surface area contributed by atoms with Crippen LogP contribution in [0.4, 0.5) is 0 Å². The number of fused-ring (bicyclic) bond motifs is 1. The van der Waals surface area contributed by atoms with E-state index >= 15 is 0 Å². The molecule has 1 fully saturated rings. The van der Waals surface area contributed by atoms with Crippen molar-refractivity contribution >= 4 is 5.97 Å². The first-order valence-corrected chi connectivity index (χ1v) is 6.61. The second kappa shape index (κ2) is 4.72. The second-order valence-corrected chi connectivity index (χ2v) is 5.22. The number of aliphatic carboxylic acids is 1. The average molecular weight is 250 g/mol. The Bertz CT molecular complexity index is 449. The van der Waals surface area contributed by atoms with Gasteiger partial charge in [-0.05, 0) is 31.6 Å². The molecule has 0 spiro atoms. The van der Waals surface area contributed by atoms with E-state index in [4.69, 9.17) is 4.74 Å². The Labute approximate surface area is 106 Å². The van der Waals surface area contributed by atoms with Crippen LogP contribution in [-0.4, -0.2) is 33.8 Å². The zero-order chi connectivity index (χ0) is 12.5. The molecule has 5 heteroatoms. The van der Waals surface area contributed by atoms with Crippen molar-refractivity contribution in [2.24, 2.45) is 5.92 Å². The number of aromatic nitrogens is 2. The molecule has 2 aliphatic rings. The van der Waals surface area contributed by atoms with Gasteiger partial charge in [-0.2, -0.15) is 0 Å². The molecule has 1 saturated heterocycles. The third kappa shape index (κ3) is 2.03. The van der Waals surface area contributed by atoms with Gasteiger partial charge >= 0.3 is 5.97 Å². The highest BCUT2D eigenvalue weighted by molar-refractivity contribution is 5.72. The van der Waals surface area contributed by atoms with Gasteiger partial charge in [0.25, 0.3) is 0 Å². The second-order valence-electron chi connectivity index (χ2n) is 5.22. The van der Waals surface area contributed by atoms with Crippen LogP contribution in [0.5, 0.6) is 0 Å². The molecule has 0 aromatic carbocycles. The molecule has 98 valence electrons. The summed E-state index contributed by atoms with van der Waals surface area (Å²) in [6.07, 6.45) is 6.34. The summed E-state index contributed by atoms with van der Waals surface area (Å²) in [5.41, 5.74) is 1.07. The van der Waals surface area contributed by atoms with Gasteiger partial charge in [-0.1, -0.05) is 0 Å². The summed E-state index contributed by atoms with van der Waals surface area (Å²) in [6.45, 7) is 1.60. The maximum atomic E-state index is 11.3. The summed E-state index contributed by atoms with van der Waals surface area (Å²) < 4.78 is 7.32. The highest BCUT2D eigenvalue weighted by atomic mass is 16.5. The fraction of sp³-hybridized carbons (Fsp3) is 0.692. The number of rotatable bonds is 3. The maximum Gasteiger partial charge on any atom is 0.326 e. The van der Waals surface area contributed by atoms with E-state index in [0.29, 0.717) is 12.3 Å². The van der Waals surface area contributed by atoms with E-state index in [9.17, 15) is 9.90 Å². The minimum absolute atomic E-state index is 0.423. The number of carboxylic acid groups (broad SMARTS) is 1. The smallest absolute Gasteiger partial charge is 0.326 e. The quantitative estimate of drug-likeness (QED) is 0.881. The van der Waals surface area contributed by atoms with Crippen molar-refractivity contribution < 1.29 is 14.6 Å². The fourth-order valence-corrected chi connectivity index (χ4v) is 3.00. The minimum atomic E-state index is -0.738. The van der Waals surface area contributed by atoms with Gasteiger partial charge < -0.3 is 14.4 Å². The predicted octanol–water partition coefficient (Wildman–Crippen LogP) is 1.42. The number of aryl methyl sites for hydroxylation is 1. The molecule has 2 aliphatic heterocycles. The number of imidazole rings is 1. The molecule has 0 bridgehead atoms. The largest absolute Gasteiger partial charge is 0.480 e. The molecule has 18 heavy (non-hydrogen) atoms. The van der Waals surface area contributed by atoms with Gasteiger partial charge in [0.1, 0.15) is 11.9 Å². The van der Waals surface area contributed by atoms with E-state index in [2.05, 4.69) is 4.98 Å². The number of carboxylic acids is 1. The Morgan fingerprint density at radius 1 is 1.56 bits per heavy atom. The van der Waals surface area contributed by atoms with Crippen molar-refractivity contribution in [3.63, 3.8) is 0 Å². The minimum Gasteiger partial charge on any atom is -0.480 e. The average Bonchev–Trinajstić information content (AvgIpc) is 2.99. The van der Waals surface area contributed by atoms with Gasteiger partial charge in [0.15, 0.2) is 0 Å². The standard InChI is InChI=1S/C13H18N2O3/c16-13(17)11-3-1-2-10-7-14-12(15(10)11)6-9-4-5-18-8-9/h7,9,11H,1-6,8H2,(H,16,17). The van der Waals surface area contributed by atoms with Crippen LogP contribution in [0.3, 0.4) is 0 Å². The van der Waals surface area contributed by atoms with Crippen LogP contribution in [0.25, 0.3) is 0 Å². The molecule has 0 aliphatic carbocycles. The molecule has 1 aromatic rings. The van der Waals surface area contributed by atoms with E-state index in [1.54, 1.807) is 0 Å². The fourth-order valence-electron chi connectivity index (χ4n) is 3.00. The van der Waals surface area contributed by atoms with Gasteiger partial charge in [-0.15, -0.1) is 0 Å². The van der Waals surface area contributed by atoms with Gasteiger partial charge in [-0.25, -0.2) is 9.78 Å². The summed E-state index contributed by atoms with van der Waals surface area (Å²) in [4.78, 5) is 15.8. The Morgan fingerprint density at radius 3 is 3.17 bits per heavy atom. The number of hydrogen-bond acceptors (Lipinski definition) is 3. The molecule has 0 amide bonds. The number of carbonyl (C=O) groups is 1. The molecule has 2 unspecified atom stereocenters. The number of ether oxygens (including phenoxy) is 1. The summed E-state index contributed by atoms with van der Waals surface area (Å²) >= 11 is 0. The molecule has 3 heterocycles. The Hall–Kier alpha value is -1.36. The normalized spacial score (nSPS) is 27.1. The third-order valence-corrected chi connectivity index (χ3v) is 3.95. The van der Waals surface area contributed by atoms with E-state index in [1.165, 1.54) is 0 Å². The third-order valence-electron chi connectivity index (χ3n) is 3.95. The molecule has 3 rings (SSSR count). The summed E-state index contributed by atoms with van der Waals surface area (Å²) in [5.74, 6) is 0.679. The van der Waals surface area contributed by atoms with Crippen molar-refractivity contribution in [2.75, 3.05) is 13.2 Å². The van der Waals surface area contributed by atoms with Crippen LogP contribution in [0.2, 0.25) is 0 Å². The van der Waals surface area contributed by atoms with Crippen LogP contribution in [0, 0.1) is 5.92 Å². The van der Waals surface area contributed by atoms with Crippen LogP contribution in [0.15, 0.2) is 6.20 Å². The molecule has 0 radical (unpaired) electrons. The van der Waals surface area contributed by atoms with Gasteiger partial charge in [0.05, 0.1) is 0 Å². The summed E-state index contributed by atoms with van der Waals surface area (Å²) in [7, 11) is 0. The zero-order valence-electron chi connectivity index (χ0n) is 10.3. The maximum absolute atomic E-state index is 11.3. The van der Waals surface area contributed by atoms with Crippen LogP contribution < -0.4 is 0 Å². The molecule has 1 aromatic heterocycles. The van der Waals surface area contributed by atoms with Crippen molar-refractivity contribution in [2.45, 2.75) is 38.1 Å². The van der Waals surface area contributed by atoms with Crippen molar-refractivity contribution in [1.29, 1.82) is 0 Å². The molecular formula is C13H18N2O3. The first-order valence-electron chi connectivity index (χ1n) is 6.61. The van der Waals surface area contributed by atoms with Gasteiger partial charge in [-0.3, -0.25) is 0 Å². The lowest BCUT2D eigenvalue weighted by Crippen LogP contribution is -2.27. The Morgan fingerprint density at radius 2 is 2.44 bits per heavy atom. The van der Waals surface area contributed by atoms with Crippen molar-refractivity contribution in [3.8, 4) is 0 Å². The predicted molar refractivity (Wildman–Crippen MR) is 64.5 cm³/mol. The molecule has 1 N–H and O–H groups in total. The Kier molecular flexibility index (Phi) is 3.07. The number of nitrogens with zero attached hydrogens (tertiary/aromatic N) is 2. The highest BCUT2D eigenvalue weighted by Crippen LogP contribution is 2.28. The zero-order valence-corrected chi connectivity index (χ0v) is 10.3. The lowest BCUT2D eigenvalue weighted by atomic mass is 10.0. The summed E-state index contributed by atoms with van der Waals surface area (Å²) in [6, 6.07) is -0.423. The van der Waals surface area contributed by atoms with Gasteiger partial charge in [0.2, 0.25) is 0 Å². The van der Waals surface area contributed by atoms with E-state index < -0.39 is 12.0 Å². The van der Waals surface area contributed by atoms with Crippen molar-refractivity contribution in [1.82, 2.24) is 9.55 Å². The lowest BCUT2D eigenvalue weighted by Gasteiger charge is -2.24. The first-order chi connectivity index (χ1) is 8.75. The Balaban J connectivity index is 1.86. The topological polar surface area (TPSA) is 64.3 Å². The molecule has 5 nitrogen and oxygen atoms in total. The van der Waals surface area contributed by atoms with Crippen molar-refractivity contribution in [3.05, 3.63) is 17.7 Å². The van der Waals surface area contributed by atoms with Crippen LogP contribution in [0.1, 0.15) is 36.8 Å². The highest BCUT2D eigenvalue weighted by Gasteiger charge is 2.29.